The van der Waals surface area contributed by atoms with E-state index in [-0.39, 0.29) is 27.8 Å². The lowest BCUT2D eigenvalue weighted by molar-refractivity contribution is -0.142. The molecule has 0 saturated heterocycles. The van der Waals surface area contributed by atoms with Crippen LogP contribution < -0.4 is 16.3 Å². The molecule has 3 aromatic carbocycles. The molecule has 6 heteroatoms. The number of benzene rings is 3. The lowest BCUT2D eigenvalue weighted by Gasteiger charge is -2.62. The molecule has 9 rings (SSSR count). The molecule has 5 aliphatic rings. The van der Waals surface area contributed by atoms with Crippen molar-refractivity contribution < 1.29 is 14.0 Å². The maximum Gasteiger partial charge on any atom is 0.341 e. The number of ketones is 2. The van der Waals surface area contributed by atoms with Crippen molar-refractivity contribution in [1.82, 2.24) is 5.32 Å². The van der Waals surface area contributed by atoms with Crippen LogP contribution >= 0.6 is 0 Å². The Hall–Kier alpha value is -4.03. The standard InChI is InChI=1S/C44H48N2O4/c1-42-21-22-44(25-30(42)12-14-34-35-16-17-38(47)43(35,2)20-18-36(34)42)39-33(19-23-46-44)32-15-13-31(24-37(32)50-41(39)49)45-26-27-8-10-29(11-9-27)40(48)28-6-4-3-5-7-28/h3-11,13,15,24,30,34-36,45-46H,12,14,16-23,25-26H2,1-2H3/t30-,34-,35-,36-,42-,43-,44+/m0/s1. The third-order valence-corrected chi connectivity index (χ3v) is 14.5. The number of hydrogen-bond acceptors (Lipinski definition) is 6. The lowest BCUT2D eigenvalue weighted by atomic mass is 9.43. The summed E-state index contributed by atoms with van der Waals surface area (Å²) in [6.45, 7) is 6.29. The highest BCUT2D eigenvalue weighted by Crippen LogP contribution is 2.67. The van der Waals surface area contributed by atoms with Crippen LogP contribution in [0, 0.1) is 34.5 Å². The summed E-state index contributed by atoms with van der Waals surface area (Å²) in [6, 6.07) is 23.2. The van der Waals surface area contributed by atoms with Gasteiger partial charge in [-0.2, -0.15) is 0 Å². The van der Waals surface area contributed by atoms with Crippen molar-refractivity contribution in [3.05, 3.63) is 111 Å². The van der Waals surface area contributed by atoms with Gasteiger partial charge in [-0.05, 0) is 110 Å². The average molecular weight is 669 g/mol. The zero-order valence-electron chi connectivity index (χ0n) is 29.4. The number of anilines is 1. The summed E-state index contributed by atoms with van der Waals surface area (Å²) in [5.74, 6) is 3.00. The molecular weight excluding hydrogens is 620 g/mol. The maximum absolute atomic E-state index is 14.0. The molecule has 4 aromatic rings. The summed E-state index contributed by atoms with van der Waals surface area (Å²) >= 11 is 0. The van der Waals surface area contributed by atoms with Gasteiger partial charge >= 0.3 is 5.63 Å². The van der Waals surface area contributed by atoms with E-state index in [1.165, 1.54) is 19.3 Å². The first kappa shape index (κ1) is 31.9. The Kier molecular flexibility index (Phi) is 7.51. The molecule has 1 aromatic heterocycles. The second-order valence-corrected chi connectivity index (χ2v) is 16.7. The summed E-state index contributed by atoms with van der Waals surface area (Å²) < 4.78 is 6.18. The normalized spacial score (nSPS) is 33.0. The van der Waals surface area contributed by atoms with E-state index in [0.717, 1.165) is 79.3 Å². The van der Waals surface area contributed by atoms with Gasteiger partial charge in [-0.3, -0.25) is 9.59 Å². The SMILES string of the molecule is C[C@]12CC[C@]3(C[C@@H]1CC[C@@H]1[C@@H]2CC[C@]2(C)C(=O)CC[C@@H]12)NCCc1c3c(=O)oc2cc(NCc3ccc(C(=O)c4ccccc4)cc3)ccc12. The number of rotatable bonds is 5. The number of fused-ring (bicyclic) bond motifs is 9. The van der Waals surface area contributed by atoms with Gasteiger partial charge in [-0.25, -0.2) is 4.79 Å². The molecule has 0 amide bonds. The molecule has 2 heterocycles. The first-order valence-corrected chi connectivity index (χ1v) is 19.0. The highest BCUT2D eigenvalue weighted by molar-refractivity contribution is 6.08. The minimum absolute atomic E-state index is 0.0176. The number of Topliss-reactive ketones (excluding diaryl/α,β-unsaturated/α-hetero) is 1. The van der Waals surface area contributed by atoms with Crippen LogP contribution in [0.3, 0.4) is 0 Å². The van der Waals surface area contributed by atoms with Crippen LogP contribution in [0.25, 0.3) is 11.0 Å². The molecule has 4 saturated carbocycles. The maximum atomic E-state index is 14.0. The fourth-order valence-electron chi connectivity index (χ4n) is 11.8. The van der Waals surface area contributed by atoms with Crippen molar-refractivity contribution in [2.45, 2.75) is 90.1 Å². The number of carbonyl (C=O) groups excluding carboxylic acids is 2. The number of hydrogen-bond donors (Lipinski definition) is 2. The van der Waals surface area contributed by atoms with Crippen molar-refractivity contribution in [2.75, 3.05) is 11.9 Å². The molecule has 7 atom stereocenters. The van der Waals surface area contributed by atoms with E-state index in [4.69, 9.17) is 4.42 Å². The first-order valence-electron chi connectivity index (χ1n) is 19.0. The van der Waals surface area contributed by atoms with E-state index < -0.39 is 0 Å². The second-order valence-electron chi connectivity index (χ2n) is 16.7. The molecule has 0 bridgehead atoms. The molecular formula is C44H48N2O4. The number of nitrogens with one attached hydrogen (secondary N) is 2. The van der Waals surface area contributed by atoms with Gasteiger partial charge in [-0.1, -0.05) is 68.4 Å². The van der Waals surface area contributed by atoms with Crippen molar-refractivity contribution in [1.29, 1.82) is 0 Å². The van der Waals surface area contributed by atoms with Crippen LogP contribution in [0.1, 0.15) is 104 Å². The minimum Gasteiger partial charge on any atom is -0.422 e. The minimum atomic E-state index is -0.336. The highest BCUT2D eigenvalue weighted by Gasteiger charge is 2.62. The molecule has 4 aliphatic carbocycles. The molecule has 0 radical (unpaired) electrons. The van der Waals surface area contributed by atoms with Crippen LogP contribution in [-0.4, -0.2) is 18.1 Å². The van der Waals surface area contributed by atoms with Gasteiger partial charge in [0.15, 0.2) is 5.78 Å². The Bertz CT molecular complexity index is 2050. The molecule has 50 heavy (non-hydrogen) atoms. The fraction of sp³-hybridized carbons (Fsp3) is 0.477. The molecule has 0 unspecified atom stereocenters. The van der Waals surface area contributed by atoms with Gasteiger partial charge in [-0.15, -0.1) is 0 Å². The van der Waals surface area contributed by atoms with Gasteiger partial charge < -0.3 is 15.1 Å². The van der Waals surface area contributed by atoms with E-state index in [9.17, 15) is 14.4 Å². The summed E-state index contributed by atoms with van der Waals surface area (Å²) in [6.07, 6.45) is 10.4. The summed E-state index contributed by atoms with van der Waals surface area (Å²) in [5, 5.41) is 8.43. The van der Waals surface area contributed by atoms with Crippen molar-refractivity contribution in [3.63, 3.8) is 0 Å². The molecule has 1 aliphatic heterocycles. The fourth-order valence-corrected chi connectivity index (χ4v) is 11.8. The third-order valence-electron chi connectivity index (χ3n) is 14.5. The number of carbonyl (C=O) groups is 2. The third kappa shape index (κ3) is 4.88. The summed E-state index contributed by atoms with van der Waals surface area (Å²) in [4.78, 5) is 39.7. The zero-order valence-corrected chi connectivity index (χ0v) is 29.4. The predicted molar refractivity (Wildman–Crippen MR) is 196 cm³/mol. The Morgan fingerprint density at radius 1 is 0.860 bits per heavy atom. The Labute approximate surface area is 294 Å². The van der Waals surface area contributed by atoms with Gasteiger partial charge in [0.1, 0.15) is 11.4 Å². The molecule has 4 fully saturated rings. The van der Waals surface area contributed by atoms with E-state index >= 15 is 0 Å². The predicted octanol–water partition coefficient (Wildman–Crippen LogP) is 8.59. The molecule has 1 spiro atoms. The van der Waals surface area contributed by atoms with Crippen LogP contribution in [0.4, 0.5) is 5.69 Å². The van der Waals surface area contributed by atoms with Crippen LogP contribution in [0.15, 0.2) is 82.0 Å². The van der Waals surface area contributed by atoms with Gasteiger partial charge in [0.05, 0.1) is 11.1 Å². The molecule has 2 N–H and O–H groups in total. The van der Waals surface area contributed by atoms with Crippen molar-refractivity contribution in [3.8, 4) is 0 Å². The summed E-state index contributed by atoms with van der Waals surface area (Å²) in [5.41, 5.74) is 5.63. The second kappa shape index (κ2) is 11.8. The van der Waals surface area contributed by atoms with E-state index in [0.29, 0.717) is 52.7 Å². The zero-order chi connectivity index (χ0) is 34.3. The van der Waals surface area contributed by atoms with Crippen molar-refractivity contribution >= 4 is 28.2 Å². The van der Waals surface area contributed by atoms with E-state index in [2.05, 4.69) is 36.6 Å². The van der Waals surface area contributed by atoms with Gasteiger partial charge in [0, 0.05) is 53.2 Å². The van der Waals surface area contributed by atoms with E-state index in [1.54, 1.807) is 0 Å². The molecule has 6 nitrogen and oxygen atoms in total. The van der Waals surface area contributed by atoms with Crippen molar-refractivity contribution in [2.24, 2.45) is 34.5 Å². The summed E-state index contributed by atoms with van der Waals surface area (Å²) in [7, 11) is 0. The Morgan fingerprint density at radius 2 is 1.66 bits per heavy atom. The van der Waals surface area contributed by atoms with E-state index in [1.807, 2.05) is 60.7 Å². The quantitative estimate of drug-likeness (QED) is 0.164. The first-order chi connectivity index (χ1) is 24.2. The van der Waals surface area contributed by atoms with Gasteiger partial charge in [0.25, 0.3) is 0 Å². The molecule has 258 valence electrons. The average Bonchev–Trinajstić information content (AvgIpc) is 3.45. The monoisotopic (exact) mass is 668 g/mol. The van der Waals surface area contributed by atoms with Crippen LogP contribution in [-0.2, 0) is 23.3 Å². The Morgan fingerprint density at radius 3 is 2.48 bits per heavy atom. The highest BCUT2D eigenvalue weighted by atomic mass is 16.4. The smallest absolute Gasteiger partial charge is 0.341 e. The van der Waals surface area contributed by atoms with Crippen LogP contribution in [0.2, 0.25) is 0 Å². The Balaban J connectivity index is 0.935. The van der Waals surface area contributed by atoms with Crippen LogP contribution in [0.5, 0.6) is 0 Å². The topological polar surface area (TPSA) is 88.4 Å². The largest absolute Gasteiger partial charge is 0.422 e. The van der Waals surface area contributed by atoms with Gasteiger partial charge in [0.2, 0.25) is 0 Å². The lowest BCUT2D eigenvalue weighted by Crippen LogP contribution is -2.60.